The summed E-state index contributed by atoms with van der Waals surface area (Å²) in [5.41, 5.74) is 0.925. The molecule has 1 aromatic rings. The molecule has 0 atom stereocenters. The van der Waals surface area contributed by atoms with E-state index < -0.39 is 15.1 Å². The maximum absolute atomic E-state index is 12.1. The fourth-order valence-corrected chi connectivity index (χ4v) is 3.22. The van der Waals surface area contributed by atoms with Gasteiger partial charge >= 0.3 is 5.24 Å². The van der Waals surface area contributed by atoms with Crippen molar-refractivity contribution in [3.05, 3.63) is 29.3 Å². The highest BCUT2D eigenvalue weighted by Crippen LogP contribution is 2.25. The fourth-order valence-electron chi connectivity index (χ4n) is 2.41. The summed E-state index contributed by atoms with van der Waals surface area (Å²) in [6, 6.07) is 7.51. The molecule has 0 bridgehead atoms. The third-order valence-corrected chi connectivity index (χ3v) is 5.66. The maximum atomic E-state index is 12.1. The van der Waals surface area contributed by atoms with Crippen molar-refractivity contribution in [3.8, 4) is 0 Å². The van der Waals surface area contributed by atoms with Gasteiger partial charge in [0.25, 0.3) is 0 Å². The largest absolute Gasteiger partial charge is 0.367 e. The Balaban J connectivity index is 1.85. The number of para-hydroxylation sites is 1. The van der Waals surface area contributed by atoms with E-state index in [4.69, 9.17) is 11.6 Å². The predicted octanol–water partition coefficient (Wildman–Crippen LogP) is 1.13. The zero-order valence-corrected chi connectivity index (χ0v) is 14.9. The minimum Gasteiger partial charge on any atom is -0.367 e. The summed E-state index contributed by atoms with van der Waals surface area (Å²) in [7, 11) is -3.82. The summed E-state index contributed by atoms with van der Waals surface area (Å²) in [6.45, 7) is 3.28. The number of rotatable bonds is 4. The van der Waals surface area contributed by atoms with Gasteiger partial charge in [-0.1, -0.05) is 30.7 Å². The molecule has 9 heteroatoms. The molecular weight excluding hydrogens is 354 g/mol. The van der Waals surface area contributed by atoms with Crippen LogP contribution in [0.1, 0.15) is 6.92 Å². The molecule has 0 aromatic heterocycles. The first kappa shape index (κ1) is 18.5. The van der Waals surface area contributed by atoms with E-state index in [0.29, 0.717) is 31.2 Å². The highest BCUT2D eigenvalue weighted by atomic mass is 35.5. The first-order valence-electron chi connectivity index (χ1n) is 7.63. The van der Waals surface area contributed by atoms with Crippen LogP contribution in [0.5, 0.6) is 0 Å². The zero-order chi connectivity index (χ0) is 17.7. The predicted molar refractivity (Wildman–Crippen MR) is 93.1 cm³/mol. The standard InChI is InChI=1S/C15H20ClN3O4S/c1-2-24(22,23)15(21)17-11-14(20)19-9-7-18(8-10-19)13-6-4-3-5-12(13)16/h3-6H,2,7-11H2,1H3,(H,17,21). The van der Waals surface area contributed by atoms with E-state index in [0.717, 1.165) is 5.69 Å². The van der Waals surface area contributed by atoms with Gasteiger partial charge in [-0.25, -0.2) is 8.42 Å². The van der Waals surface area contributed by atoms with Crippen LogP contribution in [0.15, 0.2) is 24.3 Å². The first-order valence-corrected chi connectivity index (χ1v) is 9.66. The van der Waals surface area contributed by atoms with Crippen LogP contribution in [0.4, 0.5) is 10.5 Å². The molecule has 1 aromatic carbocycles. The average Bonchev–Trinajstić information content (AvgIpc) is 2.60. The van der Waals surface area contributed by atoms with Crippen molar-refractivity contribution in [1.82, 2.24) is 10.2 Å². The Bertz CT molecular complexity index is 715. The molecule has 1 fully saturated rings. The second kappa shape index (κ2) is 7.85. The van der Waals surface area contributed by atoms with E-state index in [9.17, 15) is 18.0 Å². The molecule has 132 valence electrons. The Labute approximate surface area is 146 Å². The van der Waals surface area contributed by atoms with E-state index in [1.807, 2.05) is 24.3 Å². The molecule has 0 radical (unpaired) electrons. The SMILES string of the molecule is CCS(=O)(=O)C(=O)NCC(=O)N1CCN(c2ccccc2Cl)CC1. The Morgan fingerprint density at radius 3 is 2.38 bits per heavy atom. The van der Waals surface area contributed by atoms with E-state index >= 15 is 0 Å². The van der Waals surface area contributed by atoms with Crippen molar-refractivity contribution in [3.63, 3.8) is 0 Å². The van der Waals surface area contributed by atoms with Crippen molar-refractivity contribution in [2.45, 2.75) is 6.92 Å². The number of carbonyl (C=O) groups is 2. The van der Waals surface area contributed by atoms with Crippen LogP contribution in [-0.4, -0.2) is 62.9 Å². The lowest BCUT2D eigenvalue weighted by Gasteiger charge is -2.36. The number of carbonyl (C=O) groups excluding carboxylic acids is 2. The van der Waals surface area contributed by atoms with E-state index in [2.05, 4.69) is 10.2 Å². The molecule has 1 N–H and O–H groups in total. The van der Waals surface area contributed by atoms with Crippen molar-refractivity contribution in [2.75, 3.05) is 43.4 Å². The van der Waals surface area contributed by atoms with Crippen LogP contribution in [0, 0.1) is 0 Å². The third-order valence-electron chi connectivity index (χ3n) is 3.87. The van der Waals surface area contributed by atoms with Crippen molar-refractivity contribution < 1.29 is 18.0 Å². The van der Waals surface area contributed by atoms with E-state index in [-0.39, 0.29) is 18.2 Å². The highest BCUT2D eigenvalue weighted by Gasteiger charge is 2.24. The van der Waals surface area contributed by atoms with E-state index in [1.54, 1.807) is 4.90 Å². The number of amides is 2. The van der Waals surface area contributed by atoms with Gasteiger partial charge in [-0.2, -0.15) is 0 Å². The third kappa shape index (κ3) is 4.39. The van der Waals surface area contributed by atoms with Crippen molar-refractivity contribution >= 4 is 38.3 Å². The molecule has 0 aliphatic carbocycles. The fraction of sp³-hybridized carbons (Fsp3) is 0.467. The molecule has 7 nitrogen and oxygen atoms in total. The van der Waals surface area contributed by atoms with Crippen LogP contribution in [0.25, 0.3) is 0 Å². The zero-order valence-electron chi connectivity index (χ0n) is 13.4. The number of halogens is 1. The van der Waals surface area contributed by atoms with Crippen LogP contribution >= 0.6 is 11.6 Å². The van der Waals surface area contributed by atoms with Crippen LogP contribution in [0.2, 0.25) is 5.02 Å². The number of piperazine rings is 1. The lowest BCUT2D eigenvalue weighted by atomic mass is 10.2. The lowest BCUT2D eigenvalue weighted by Crippen LogP contribution is -2.51. The molecule has 2 amide bonds. The minimum atomic E-state index is -3.82. The molecule has 1 aliphatic rings. The van der Waals surface area contributed by atoms with Gasteiger partial charge in [0.15, 0.2) is 0 Å². The van der Waals surface area contributed by atoms with Crippen LogP contribution in [-0.2, 0) is 14.6 Å². The molecule has 2 rings (SSSR count). The number of nitrogens with one attached hydrogen (secondary N) is 1. The summed E-state index contributed by atoms with van der Waals surface area (Å²) >= 11 is 6.17. The summed E-state index contributed by atoms with van der Waals surface area (Å²) in [6.07, 6.45) is 0. The molecule has 0 spiro atoms. The number of sulfone groups is 1. The highest BCUT2D eigenvalue weighted by molar-refractivity contribution is 8.05. The van der Waals surface area contributed by atoms with Gasteiger partial charge in [-0.15, -0.1) is 0 Å². The smallest absolute Gasteiger partial charge is 0.336 e. The molecular formula is C15H20ClN3O4S. The molecule has 1 aliphatic heterocycles. The normalized spacial score (nSPS) is 15.2. The Hall–Kier alpha value is -1.80. The number of nitrogens with zero attached hydrogens (tertiary/aromatic N) is 2. The van der Waals surface area contributed by atoms with Gasteiger partial charge < -0.3 is 15.1 Å². The number of anilines is 1. The van der Waals surface area contributed by atoms with Gasteiger partial charge in [0.2, 0.25) is 15.7 Å². The molecule has 1 heterocycles. The Morgan fingerprint density at radius 1 is 1.17 bits per heavy atom. The van der Waals surface area contributed by atoms with Gasteiger partial charge in [0, 0.05) is 26.2 Å². The number of hydrogen-bond donors (Lipinski definition) is 1. The van der Waals surface area contributed by atoms with Crippen molar-refractivity contribution in [1.29, 1.82) is 0 Å². The summed E-state index contributed by atoms with van der Waals surface area (Å²) < 4.78 is 22.7. The van der Waals surface area contributed by atoms with Crippen LogP contribution < -0.4 is 10.2 Å². The lowest BCUT2D eigenvalue weighted by molar-refractivity contribution is -0.130. The summed E-state index contributed by atoms with van der Waals surface area (Å²) in [5, 5.41) is 1.73. The second-order valence-corrected chi connectivity index (χ2v) is 7.95. The van der Waals surface area contributed by atoms with Gasteiger partial charge in [0.1, 0.15) is 0 Å². The average molecular weight is 374 g/mol. The first-order chi connectivity index (χ1) is 11.3. The molecule has 24 heavy (non-hydrogen) atoms. The Kier molecular flexibility index (Phi) is 6.06. The molecule has 0 unspecified atom stereocenters. The van der Waals surface area contributed by atoms with Gasteiger partial charge in [-0.05, 0) is 12.1 Å². The Morgan fingerprint density at radius 2 is 1.79 bits per heavy atom. The topological polar surface area (TPSA) is 86.8 Å². The minimum absolute atomic E-state index is 0.288. The second-order valence-electron chi connectivity index (χ2n) is 5.36. The van der Waals surface area contributed by atoms with Gasteiger partial charge in [0.05, 0.1) is 23.0 Å². The summed E-state index contributed by atoms with van der Waals surface area (Å²) in [5.74, 6) is -0.586. The van der Waals surface area contributed by atoms with Gasteiger partial charge in [-0.3, -0.25) is 9.59 Å². The number of benzene rings is 1. The number of hydrogen-bond acceptors (Lipinski definition) is 5. The van der Waals surface area contributed by atoms with Crippen molar-refractivity contribution in [2.24, 2.45) is 0 Å². The molecule has 1 saturated heterocycles. The summed E-state index contributed by atoms with van der Waals surface area (Å²) in [4.78, 5) is 27.3. The quantitative estimate of drug-likeness (QED) is 0.855. The van der Waals surface area contributed by atoms with E-state index in [1.165, 1.54) is 6.92 Å². The molecule has 0 saturated carbocycles. The van der Waals surface area contributed by atoms with Crippen LogP contribution in [0.3, 0.4) is 0 Å². The maximum Gasteiger partial charge on any atom is 0.336 e. The monoisotopic (exact) mass is 373 g/mol.